The Morgan fingerprint density at radius 1 is 1.24 bits per heavy atom. The molecule has 0 unspecified atom stereocenters. The van der Waals surface area contributed by atoms with Gasteiger partial charge in [0.2, 0.25) is 0 Å². The highest BCUT2D eigenvalue weighted by atomic mass is 35.5. The van der Waals surface area contributed by atoms with Crippen LogP contribution >= 0.6 is 35.0 Å². The molecule has 1 atom stereocenters. The van der Waals surface area contributed by atoms with E-state index < -0.39 is 12.0 Å². The summed E-state index contributed by atoms with van der Waals surface area (Å²) in [5.41, 5.74) is 7.69. The van der Waals surface area contributed by atoms with Gasteiger partial charge in [0, 0.05) is 42.0 Å². The molecule has 0 heterocycles. The van der Waals surface area contributed by atoms with Crippen molar-refractivity contribution in [3.8, 4) is 0 Å². The van der Waals surface area contributed by atoms with Crippen molar-refractivity contribution in [3.05, 3.63) is 29.8 Å². The standard InChI is InChI=1S/C14H20Cl2N2O2S/c15-5-7-18(8-6-16)12-3-1-11(2-4-12)9-21-10-13(17)14(19)20/h1-4,13H,5-10,17H2,(H,19,20)/t13-/m0/s1. The third kappa shape index (κ3) is 6.78. The van der Waals surface area contributed by atoms with Gasteiger partial charge in [0.05, 0.1) is 0 Å². The highest BCUT2D eigenvalue weighted by Crippen LogP contribution is 2.19. The molecule has 21 heavy (non-hydrogen) atoms. The number of nitrogens with two attached hydrogens (primary N) is 1. The first-order chi connectivity index (χ1) is 10.1. The summed E-state index contributed by atoms with van der Waals surface area (Å²) in [6.07, 6.45) is 0. The molecular formula is C14H20Cl2N2O2S. The Kier molecular flexibility index (Phi) is 8.92. The third-order valence-corrected chi connectivity index (χ3v) is 4.36. The lowest BCUT2D eigenvalue weighted by Gasteiger charge is -2.23. The van der Waals surface area contributed by atoms with E-state index in [0.29, 0.717) is 17.5 Å². The van der Waals surface area contributed by atoms with Crippen molar-refractivity contribution in [1.82, 2.24) is 0 Å². The van der Waals surface area contributed by atoms with Gasteiger partial charge in [-0.1, -0.05) is 12.1 Å². The number of rotatable bonds is 10. The minimum atomic E-state index is -0.962. The van der Waals surface area contributed by atoms with E-state index in [9.17, 15) is 4.79 Å². The van der Waals surface area contributed by atoms with Crippen LogP contribution in [0.4, 0.5) is 5.69 Å². The van der Waals surface area contributed by atoms with Crippen LogP contribution in [0.3, 0.4) is 0 Å². The van der Waals surface area contributed by atoms with Crippen LogP contribution in [0.2, 0.25) is 0 Å². The van der Waals surface area contributed by atoms with Crippen molar-refractivity contribution in [1.29, 1.82) is 0 Å². The number of hydrogen-bond donors (Lipinski definition) is 2. The Hall–Kier alpha value is -0.620. The lowest BCUT2D eigenvalue weighted by Crippen LogP contribution is -2.32. The monoisotopic (exact) mass is 350 g/mol. The van der Waals surface area contributed by atoms with Crippen LogP contribution in [-0.4, -0.2) is 47.7 Å². The van der Waals surface area contributed by atoms with Crippen LogP contribution in [0.1, 0.15) is 5.56 Å². The summed E-state index contributed by atoms with van der Waals surface area (Å²) in [5, 5.41) is 8.71. The number of halogens is 2. The summed E-state index contributed by atoms with van der Waals surface area (Å²) in [7, 11) is 0. The van der Waals surface area contributed by atoms with E-state index in [1.54, 1.807) is 0 Å². The van der Waals surface area contributed by atoms with Gasteiger partial charge in [0.25, 0.3) is 0 Å². The molecule has 0 aliphatic heterocycles. The maximum atomic E-state index is 10.6. The lowest BCUT2D eigenvalue weighted by atomic mass is 10.2. The number of anilines is 1. The zero-order chi connectivity index (χ0) is 15.7. The van der Waals surface area contributed by atoms with E-state index in [0.717, 1.165) is 30.1 Å². The molecule has 1 aromatic rings. The van der Waals surface area contributed by atoms with Gasteiger partial charge in [-0.05, 0) is 17.7 Å². The Morgan fingerprint density at radius 2 is 1.81 bits per heavy atom. The predicted octanol–water partition coefficient (Wildman–Crippen LogP) is 2.62. The topological polar surface area (TPSA) is 66.6 Å². The van der Waals surface area contributed by atoms with Crippen molar-refractivity contribution in [3.63, 3.8) is 0 Å². The van der Waals surface area contributed by atoms with E-state index in [1.807, 2.05) is 24.3 Å². The summed E-state index contributed by atoms with van der Waals surface area (Å²) in [5.74, 6) is 1.30. The van der Waals surface area contributed by atoms with Gasteiger partial charge in [-0.25, -0.2) is 0 Å². The summed E-state index contributed by atoms with van der Waals surface area (Å²) < 4.78 is 0. The molecule has 0 amide bonds. The lowest BCUT2D eigenvalue weighted by molar-refractivity contribution is -0.137. The molecule has 0 spiro atoms. The molecule has 118 valence electrons. The minimum Gasteiger partial charge on any atom is -0.480 e. The van der Waals surface area contributed by atoms with Gasteiger partial charge < -0.3 is 15.7 Å². The van der Waals surface area contributed by atoms with Crippen molar-refractivity contribution in [2.75, 3.05) is 35.5 Å². The average Bonchev–Trinajstić information content (AvgIpc) is 2.47. The normalized spacial score (nSPS) is 12.1. The first-order valence-electron chi connectivity index (χ1n) is 6.60. The van der Waals surface area contributed by atoms with Crippen molar-refractivity contribution in [2.45, 2.75) is 11.8 Å². The number of carboxylic acid groups (broad SMARTS) is 1. The summed E-state index contributed by atoms with van der Waals surface area (Å²) in [4.78, 5) is 12.8. The van der Waals surface area contributed by atoms with Gasteiger partial charge in [-0.3, -0.25) is 4.79 Å². The number of benzene rings is 1. The molecule has 0 saturated heterocycles. The first kappa shape index (κ1) is 18.4. The zero-order valence-electron chi connectivity index (χ0n) is 11.7. The first-order valence-corrected chi connectivity index (χ1v) is 8.82. The molecular weight excluding hydrogens is 331 g/mol. The second-order valence-electron chi connectivity index (χ2n) is 4.49. The van der Waals surface area contributed by atoms with E-state index in [1.165, 1.54) is 11.8 Å². The number of thioether (sulfide) groups is 1. The molecule has 0 aliphatic rings. The Bertz CT molecular complexity index is 425. The third-order valence-electron chi connectivity index (χ3n) is 2.89. The van der Waals surface area contributed by atoms with Crippen molar-refractivity contribution in [2.24, 2.45) is 5.73 Å². The average molecular weight is 351 g/mol. The van der Waals surface area contributed by atoms with Gasteiger partial charge in [-0.15, -0.1) is 23.2 Å². The van der Waals surface area contributed by atoms with E-state index in [-0.39, 0.29) is 0 Å². The van der Waals surface area contributed by atoms with Crippen LogP contribution in [-0.2, 0) is 10.5 Å². The zero-order valence-corrected chi connectivity index (χ0v) is 14.0. The number of hydrogen-bond acceptors (Lipinski definition) is 4. The van der Waals surface area contributed by atoms with Gasteiger partial charge >= 0.3 is 5.97 Å². The largest absolute Gasteiger partial charge is 0.480 e. The maximum Gasteiger partial charge on any atom is 0.321 e. The Morgan fingerprint density at radius 3 is 2.29 bits per heavy atom. The molecule has 0 bridgehead atoms. The molecule has 0 fully saturated rings. The van der Waals surface area contributed by atoms with Crippen LogP contribution in [0.15, 0.2) is 24.3 Å². The smallest absolute Gasteiger partial charge is 0.321 e. The second kappa shape index (κ2) is 10.2. The van der Waals surface area contributed by atoms with E-state index >= 15 is 0 Å². The van der Waals surface area contributed by atoms with E-state index in [4.69, 9.17) is 34.0 Å². The van der Waals surface area contributed by atoms with Crippen LogP contribution in [0.5, 0.6) is 0 Å². The SMILES string of the molecule is N[C@@H](CSCc1ccc(N(CCCl)CCCl)cc1)C(=O)O. The van der Waals surface area contributed by atoms with Crippen molar-refractivity contribution < 1.29 is 9.90 Å². The summed E-state index contributed by atoms with van der Waals surface area (Å²) >= 11 is 13.1. The molecule has 1 rings (SSSR count). The fraction of sp³-hybridized carbons (Fsp3) is 0.500. The number of alkyl halides is 2. The fourth-order valence-electron chi connectivity index (χ4n) is 1.75. The van der Waals surface area contributed by atoms with Gasteiger partial charge in [-0.2, -0.15) is 11.8 Å². The molecule has 0 radical (unpaired) electrons. The quantitative estimate of drug-likeness (QED) is 0.635. The molecule has 7 heteroatoms. The summed E-state index contributed by atoms with van der Waals surface area (Å²) in [6, 6.07) is 7.32. The number of nitrogens with zero attached hydrogens (tertiary/aromatic N) is 1. The fourth-order valence-corrected chi connectivity index (χ4v) is 3.10. The van der Waals surface area contributed by atoms with Crippen molar-refractivity contribution >= 4 is 46.6 Å². The van der Waals surface area contributed by atoms with Gasteiger partial charge in [0.1, 0.15) is 6.04 Å². The number of carbonyl (C=O) groups is 1. The molecule has 4 nitrogen and oxygen atoms in total. The van der Waals surface area contributed by atoms with Crippen LogP contribution < -0.4 is 10.6 Å². The number of aliphatic carboxylic acids is 1. The van der Waals surface area contributed by atoms with Crippen LogP contribution in [0, 0.1) is 0 Å². The predicted molar refractivity (Wildman–Crippen MR) is 91.9 cm³/mol. The maximum absolute atomic E-state index is 10.6. The molecule has 3 N–H and O–H groups in total. The number of carboxylic acids is 1. The molecule has 0 aliphatic carbocycles. The summed E-state index contributed by atoms with van der Waals surface area (Å²) in [6.45, 7) is 1.52. The van der Waals surface area contributed by atoms with Crippen LogP contribution in [0.25, 0.3) is 0 Å². The molecule has 1 aromatic carbocycles. The highest BCUT2D eigenvalue weighted by Gasteiger charge is 2.11. The Labute approximate surface area is 139 Å². The highest BCUT2D eigenvalue weighted by molar-refractivity contribution is 7.98. The molecule has 0 saturated carbocycles. The van der Waals surface area contributed by atoms with E-state index in [2.05, 4.69) is 4.90 Å². The Balaban J connectivity index is 2.51. The van der Waals surface area contributed by atoms with Gasteiger partial charge in [0.15, 0.2) is 0 Å². The minimum absolute atomic E-state index is 0.404. The molecule has 0 aromatic heterocycles. The second-order valence-corrected chi connectivity index (χ2v) is 6.28.